The first-order valence-corrected chi connectivity index (χ1v) is 10.5. The van der Waals surface area contributed by atoms with E-state index in [1.54, 1.807) is 38.1 Å². The molecule has 1 heterocycles. The molecule has 0 atom stereocenters. The second kappa shape index (κ2) is 10.4. The van der Waals surface area contributed by atoms with Gasteiger partial charge in [0.2, 0.25) is 5.88 Å². The molecule has 0 aliphatic heterocycles. The monoisotopic (exact) mass is 511 g/mol. The predicted molar refractivity (Wildman–Crippen MR) is 122 cm³/mol. The van der Waals surface area contributed by atoms with Crippen LogP contribution in [0.1, 0.15) is 30.5 Å². The fourth-order valence-corrected chi connectivity index (χ4v) is 3.62. The van der Waals surface area contributed by atoms with Gasteiger partial charge in [0.15, 0.2) is 5.75 Å². The highest BCUT2D eigenvalue weighted by Crippen LogP contribution is 2.40. The lowest BCUT2D eigenvalue weighted by Crippen LogP contribution is -2.07. The topological polar surface area (TPSA) is 68.7 Å². The van der Waals surface area contributed by atoms with E-state index in [0.717, 1.165) is 12.1 Å². The van der Waals surface area contributed by atoms with Crippen molar-refractivity contribution in [3.63, 3.8) is 0 Å². The van der Waals surface area contributed by atoms with Crippen molar-refractivity contribution in [1.82, 2.24) is 4.98 Å². The second-order valence-corrected chi connectivity index (χ2v) is 8.14. The van der Waals surface area contributed by atoms with Crippen LogP contribution in [-0.2, 0) is 17.6 Å². The molecule has 178 valence electrons. The van der Waals surface area contributed by atoms with Crippen molar-refractivity contribution in [3.8, 4) is 17.4 Å². The molecule has 3 aromatic rings. The standard InChI is InChI=1S/C24H18Cl2F3NO4/c1-13(2)21(23(31)32)17-6-4-3-5-14(17)12-33-16-9-18(25)22(19(26)10-16)34-20-8-7-15(11-30-20)24(27,28)29/h3-11H,12H2,1-2H3,(H,31,32). The first kappa shape index (κ1) is 25.4. The first-order valence-electron chi connectivity index (χ1n) is 9.79. The van der Waals surface area contributed by atoms with Crippen LogP contribution >= 0.6 is 23.2 Å². The number of halogens is 5. The molecule has 0 saturated heterocycles. The summed E-state index contributed by atoms with van der Waals surface area (Å²) in [5.41, 5.74) is 1.08. The van der Waals surface area contributed by atoms with Gasteiger partial charge in [0.05, 0.1) is 21.2 Å². The highest BCUT2D eigenvalue weighted by molar-refractivity contribution is 6.37. The summed E-state index contributed by atoms with van der Waals surface area (Å²) >= 11 is 12.5. The number of aliphatic carboxylic acids is 1. The Labute approximate surface area is 203 Å². The molecular formula is C24H18Cl2F3NO4. The number of carboxylic acids is 1. The molecule has 5 nitrogen and oxygen atoms in total. The van der Waals surface area contributed by atoms with E-state index in [4.69, 9.17) is 32.7 Å². The first-order chi connectivity index (χ1) is 16.0. The van der Waals surface area contributed by atoms with Gasteiger partial charge in [-0.2, -0.15) is 13.2 Å². The molecule has 0 radical (unpaired) electrons. The molecule has 1 aromatic heterocycles. The van der Waals surface area contributed by atoms with Gasteiger partial charge in [0.25, 0.3) is 0 Å². The summed E-state index contributed by atoms with van der Waals surface area (Å²) < 4.78 is 49.3. The zero-order valence-electron chi connectivity index (χ0n) is 17.9. The Morgan fingerprint density at radius 2 is 1.71 bits per heavy atom. The van der Waals surface area contributed by atoms with E-state index < -0.39 is 17.7 Å². The van der Waals surface area contributed by atoms with Gasteiger partial charge in [0, 0.05) is 24.4 Å². The number of benzene rings is 2. The lowest BCUT2D eigenvalue weighted by Gasteiger charge is -2.15. The summed E-state index contributed by atoms with van der Waals surface area (Å²) in [5.74, 6) is -0.883. The number of pyridine rings is 1. The molecule has 34 heavy (non-hydrogen) atoms. The van der Waals surface area contributed by atoms with Crippen molar-refractivity contribution in [3.05, 3.63) is 87.0 Å². The number of alkyl halides is 3. The zero-order chi connectivity index (χ0) is 25.0. The Hall–Kier alpha value is -3.23. The molecule has 0 aliphatic rings. The van der Waals surface area contributed by atoms with E-state index in [1.165, 1.54) is 12.1 Å². The summed E-state index contributed by atoms with van der Waals surface area (Å²) in [4.78, 5) is 15.3. The molecule has 0 saturated carbocycles. The van der Waals surface area contributed by atoms with Crippen molar-refractivity contribution in [2.45, 2.75) is 26.6 Å². The average Bonchev–Trinajstić information content (AvgIpc) is 2.75. The van der Waals surface area contributed by atoms with Crippen LogP contribution < -0.4 is 9.47 Å². The van der Waals surface area contributed by atoms with Crippen molar-refractivity contribution >= 4 is 34.7 Å². The molecule has 0 unspecified atom stereocenters. The molecule has 10 heteroatoms. The SMILES string of the molecule is CC(C)=C(C(=O)O)c1ccccc1COc1cc(Cl)c(Oc2ccc(C(F)(F)F)cn2)c(Cl)c1. The number of carboxylic acid groups (broad SMARTS) is 1. The third-order valence-electron chi connectivity index (χ3n) is 4.64. The number of allylic oxidation sites excluding steroid dienone is 1. The summed E-state index contributed by atoms with van der Waals surface area (Å²) in [6.07, 6.45) is -3.88. The number of rotatable bonds is 7. The maximum atomic E-state index is 12.7. The van der Waals surface area contributed by atoms with Crippen molar-refractivity contribution in [2.24, 2.45) is 0 Å². The van der Waals surface area contributed by atoms with Crippen LogP contribution in [0.3, 0.4) is 0 Å². The van der Waals surface area contributed by atoms with Crippen LogP contribution in [0.15, 0.2) is 60.3 Å². The summed E-state index contributed by atoms with van der Waals surface area (Å²) in [6.45, 7) is 3.46. The van der Waals surface area contributed by atoms with Gasteiger partial charge < -0.3 is 14.6 Å². The normalized spacial score (nSPS) is 11.1. The Morgan fingerprint density at radius 3 is 2.24 bits per heavy atom. The van der Waals surface area contributed by atoms with E-state index in [2.05, 4.69) is 4.98 Å². The third kappa shape index (κ3) is 6.01. The van der Waals surface area contributed by atoms with Crippen LogP contribution in [0.5, 0.6) is 17.4 Å². The van der Waals surface area contributed by atoms with Crippen LogP contribution in [0.4, 0.5) is 13.2 Å². The van der Waals surface area contributed by atoms with Gasteiger partial charge in [-0.3, -0.25) is 0 Å². The molecule has 2 aromatic carbocycles. The molecular weight excluding hydrogens is 494 g/mol. The fraction of sp³-hybridized carbons (Fsp3) is 0.167. The van der Waals surface area contributed by atoms with Crippen molar-refractivity contribution < 1.29 is 32.5 Å². The lowest BCUT2D eigenvalue weighted by molar-refractivity contribution is -0.138. The third-order valence-corrected chi connectivity index (χ3v) is 5.20. The van der Waals surface area contributed by atoms with Gasteiger partial charge >= 0.3 is 12.1 Å². The van der Waals surface area contributed by atoms with Gasteiger partial charge in [-0.05, 0) is 31.0 Å². The van der Waals surface area contributed by atoms with Gasteiger partial charge in [-0.1, -0.05) is 53.0 Å². The van der Waals surface area contributed by atoms with Gasteiger partial charge in [-0.15, -0.1) is 0 Å². The van der Waals surface area contributed by atoms with Crippen LogP contribution in [0.2, 0.25) is 10.0 Å². The fourth-order valence-electron chi connectivity index (χ4n) is 3.08. The maximum Gasteiger partial charge on any atom is 0.417 e. The minimum Gasteiger partial charge on any atom is -0.489 e. The predicted octanol–water partition coefficient (Wildman–Crippen LogP) is 7.66. The summed E-state index contributed by atoms with van der Waals surface area (Å²) in [6, 6.07) is 11.7. The largest absolute Gasteiger partial charge is 0.489 e. The molecule has 0 fully saturated rings. The van der Waals surface area contributed by atoms with E-state index in [1.807, 2.05) is 0 Å². The highest BCUT2D eigenvalue weighted by atomic mass is 35.5. The Balaban J connectivity index is 1.79. The summed E-state index contributed by atoms with van der Waals surface area (Å²) in [5, 5.41) is 9.68. The van der Waals surface area contributed by atoms with E-state index in [0.29, 0.717) is 22.9 Å². The number of aromatic nitrogens is 1. The second-order valence-electron chi connectivity index (χ2n) is 7.33. The van der Waals surface area contributed by atoms with Crippen molar-refractivity contribution in [2.75, 3.05) is 0 Å². The zero-order valence-corrected chi connectivity index (χ0v) is 19.4. The number of nitrogens with zero attached hydrogens (tertiary/aromatic N) is 1. The maximum absolute atomic E-state index is 12.7. The van der Waals surface area contributed by atoms with E-state index in [9.17, 15) is 23.1 Å². The Kier molecular flexibility index (Phi) is 7.74. The van der Waals surface area contributed by atoms with Gasteiger partial charge in [0.1, 0.15) is 12.4 Å². The quantitative estimate of drug-likeness (QED) is 0.329. The molecule has 1 N–H and O–H groups in total. The lowest BCUT2D eigenvalue weighted by atomic mass is 9.97. The highest BCUT2D eigenvalue weighted by Gasteiger charge is 2.30. The molecule has 0 aliphatic carbocycles. The minimum atomic E-state index is -4.52. The summed E-state index contributed by atoms with van der Waals surface area (Å²) in [7, 11) is 0. The van der Waals surface area contributed by atoms with Gasteiger partial charge in [-0.25, -0.2) is 9.78 Å². The number of ether oxygens (including phenoxy) is 2. The number of carbonyl (C=O) groups is 1. The molecule has 0 amide bonds. The van der Waals surface area contributed by atoms with Crippen LogP contribution in [0, 0.1) is 0 Å². The molecule has 0 bridgehead atoms. The van der Waals surface area contributed by atoms with Crippen LogP contribution in [-0.4, -0.2) is 16.1 Å². The minimum absolute atomic E-state index is 0.000969. The number of hydrogen-bond acceptors (Lipinski definition) is 4. The van der Waals surface area contributed by atoms with E-state index >= 15 is 0 Å². The smallest absolute Gasteiger partial charge is 0.417 e. The number of hydrogen-bond donors (Lipinski definition) is 1. The average molecular weight is 512 g/mol. The Morgan fingerprint density at radius 1 is 1.06 bits per heavy atom. The molecule has 0 spiro atoms. The van der Waals surface area contributed by atoms with E-state index in [-0.39, 0.29) is 39.6 Å². The Bertz CT molecular complexity index is 1210. The van der Waals surface area contributed by atoms with Crippen molar-refractivity contribution in [1.29, 1.82) is 0 Å². The molecule has 3 rings (SSSR count). The van der Waals surface area contributed by atoms with Crippen LogP contribution in [0.25, 0.3) is 5.57 Å².